The minimum absolute atomic E-state index is 0. The van der Waals surface area contributed by atoms with Gasteiger partial charge in [0.15, 0.2) is 6.10 Å². The Morgan fingerprint density at radius 2 is 0.906 bits per heavy atom. The number of carbonyl (C=O) groups is 3. The Labute approximate surface area is 366 Å². The minimum Gasteiger partial charge on any atom is -0.790 e. The predicted molar refractivity (Wildman–Crippen MR) is 198 cm³/mol. The molecule has 0 aromatic rings. The molecule has 53 heavy (non-hydrogen) atoms. The number of hydrogen-bond acceptors (Lipinski definition) is 11. The summed E-state index contributed by atoms with van der Waals surface area (Å²) in [4.78, 5) is 55.9. The van der Waals surface area contributed by atoms with E-state index in [4.69, 9.17) is 25.4 Å². The third-order valence-corrected chi connectivity index (χ3v) is 9.09. The monoisotopic (exact) mass is 797 g/mol. The van der Waals surface area contributed by atoms with Crippen molar-refractivity contribution in [1.29, 1.82) is 0 Å². The molecule has 0 amide bonds. The summed E-state index contributed by atoms with van der Waals surface area (Å²) in [7, 11) is -5.24. The molecular weight excluding hydrogens is 723 g/mol. The number of rotatable bonds is 36. The summed E-state index contributed by atoms with van der Waals surface area (Å²) >= 11 is 0. The van der Waals surface area contributed by atoms with Crippen LogP contribution in [-0.2, 0) is 32.9 Å². The van der Waals surface area contributed by atoms with Gasteiger partial charge in [0.2, 0.25) is 0 Å². The van der Waals surface area contributed by atoms with Crippen LogP contribution in [0.2, 0.25) is 0 Å². The fraction of sp³-hybridized carbons (Fsp3) is 0.921. The molecule has 0 radical (unpaired) electrons. The van der Waals surface area contributed by atoms with Crippen molar-refractivity contribution in [3.8, 4) is 0 Å². The molecule has 0 aromatic carbocycles. The van der Waals surface area contributed by atoms with Crippen molar-refractivity contribution in [2.24, 2.45) is 5.73 Å². The van der Waals surface area contributed by atoms with Crippen LogP contribution in [0.1, 0.15) is 194 Å². The van der Waals surface area contributed by atoms with Crippen LogP contribution in [0.15, 0.2) is 0 Å². The van der Waals surface area contributed by atoms with E-state index in [0.29, 0.717) is 12.8 Å². The van der Waals surface area contributed by atoms with Gasteiger partial charge >= 0.3 is 77.0 Å². The number of ether oxygens (including phenoxy) is 2. The van der Waals surface area contributed by atoms with Crippen LogP contribution >= 0.6 is 7.82 Å². The zero-order valence-electron chi connectivity index (χ0n) is 34.2. The third kappa shape index (κ3) is 50.4. The number of nitrogens with two attached hydrogens (primary N) is 1. The molecule has 0 aliphatic heterocycles. The zero-order chi connectivity index (χ0) is 38.4. The van der Waals surface area contributed by atoms with Gasteiger partial charge in [-0.25, -0.2) is 0 Å². The van der Waals surface area contributed by atoms with Crippen LogP contribution in [0.25, 0.3) is 0 Å². The van der Waals surface area contributed by atoms with Gasteiger partial charge in [-0.1, -0.05) is 168 Å². The number of carboxylic acid groups (broad SMARTS) is 1. The number of hydrogen-bond donors (Lipinski definition) is 3. The van der Waals surface area contributed by atoms with Crippen molar-refractivity contribution in [3.05, 3.63) is 0 Å². The Morgan fingerprint density at radius 3 is 1.19 bits per heavy atom. The van der Waals surface area contributed by atoms with Crippen LogP contribution < -0.4 is 74.6 Å². The van der Waals surface area contributed by atoms with Gasteiger partial charge in [0.1, 0.15) is 12.6 Å². The SMILES string of the molecule is CCCCCCCCCCCCCCCC(=O)OCC(COP(=O)([O-])[O-])OC(=O)CCCCCCCCCCCCCCC.NC(CO)C(=O)O.[Na+].[Na+]. The largest absolute Gasteiger partial charge is 1.00 e. The molecule has 0 saturated heterocycles. The van der Waals surface area contributed by atoms with Crippen LogP contribution in [0, 0.1) is 0 Å². The number of phosphoric acid groups is 1. The number of unbranched alkanes of at least 4 members (excludes halogenated alkanes) is 24. The summed E-state index contributed by atoms with van der Waals surface area (Å²) in [5, 5.41) is 15.9. The Bertz CT molecular complexity index is 868. The molecule has 0 heterocycles. The Kier molecular flexibility index (Phi) is 51.2. The summed E-state index contributed by atoms with van der Waals surface area (Å²) in [6.07, 6.45) is 30.6. The van der Waals surface area contributed by atoms with Gasteiger partial charge < -0.3 is 44.3 Å². The number of aliphatic carboxylic acids is 1. The summed E-state index contributed by atoms with van der Waals surface area (Å²) in [6, 6.07) is -1.13. The van der Waals surface area contributed by atoms with Crippen LogP contribution in [0.4, 0.5) is 0 Å². The van der Waals surface area contributed by atoms with Crippen molar-refractivity contribution in [2.75, 3.05) is 19.8 Å². The fourth-order valence-corrected chi connectivity index (χ4v) is 5.79. The molecule has 0 spiro atoms. The molecule has 0 aromatic heterocycles. The first-order valence-corrected chi connectivity index (χ1v) is 21.5. The second kappa shape index (κ2) is 45.1. The summed E-state index contributed by atoms with van der Waals surface area (Å²) in [6.45, 7) is 2.99. The summed E-state index contributed by atoms with van der Waals surface area (Å²) in [5.41, 5.74) is 4.77. The molecule has 304 valence electrons. The first-order chi connectivity index (χ1) is 24.5. The van der Waals surface area contributed by atoms with Gasteiger partial charge in [-0.2, -0.15) is 0 Å². The van der Waals surface area contributed by atoms with E-state index in [1.54, 1.807) is 0 Å². The third-order valence-electron chi connectivity index (χ3n) is 8.63. The number of aliphatic hydroxyl groups is 1. The van der Waals surface area contributed by atoms with E-state index in [9.17, 15) is 28.7 Å². The Hall–Kier alpha value is 0.440. The molecule has 2 unspecified atom stereocenters. The summed E-state index contributed by atoms with van der Waals surface area (Å²) < 4.78 is 25.7. The molecule has 0 fully saturated rings. The standard InChI is InChI=1S/C35H69O8P.C3H7NO3.2Na/c1-3-5-7-9-11-13-15-17-19-21-23-25-27-29-34(36)41-31-33(32-42-44(38,39)40)43-35(37)30-28-26-24-22-20-18-16-14-12-10-8-6-4-2;4-2(1-5)3(6)7;;/h33H,3-32H2,1-2H3,(H2,38,39,40);2,5H,1,4H2,(H,6,7);;/q;;2*+1/p-2. The molecule has 0 aliphatic carbocycles. The average Bonchev–Trinajstić information content (AvgIpc) is 3.09. The van der Waals surface area contributed by atoms with Crippen molar-refractivity contribution in [1.82, 2.24) is 0 Å². The topological polar surface area (TPSA) is 209 Å². The molecule has 0 rings (SSSR count). The van der Waals surface area contributed by atoms with E-state index in [-0.39, 0.29) is 78.6 Å². The Morgan fingerprint density at radius 1 is 0.585 bits per heavy atom. The fourth-order valence-electron chi connectivity index (χ4n) is 5.45. The minimum atomic E-state index is -5.24. The summed E-state index contributed by atoms with van der Waals surface area (Å²) in [5.74, 6) is -2.12. The molecule has 12 nitrogen and oxygen atoms in total. The van der Waals surface area contributed by atoms with E-state index in [2.05, 4.69) is 18.4 Å². The molecule has 2 atom stereocenters. The van der Waals surface area contributed by atoms with Gasteiger partial charge in [0.05, 0.1) is 21.0 Å². The molecule has 15 heteroatoms. The van der Waals surface area contributed by atoms with E-state index < -0.39 is 51.1 Å². The molecule has 0 saturated carbocycles. The normalized spacial score (nSPS) is 12.0. The number of carboxylic acids is 1. The number of aliphatic hydroxyl groups excluding tert-OH is 1. The average molecular weight is 798 g/mol. The zero-order valence-corrected chi connectivity index (χ0v) is 39.1. The maximum Gasteiger partial charge on any atom is 1.00 e. The smallest absolute Gasteiger partial charge is 0.790 e. The van der Waals surface area contributed by atoms with E-state index in [1.807, 2.05) is 0 Å². The van der Waals surface area contributed by atoms with Gasteiger partial charge in [0, 0.05) is 12.8 Å². The van der Waals surface area contributed by atoms with E-state index >= 15 is 0 Å². The van der Waals surface area contributed by atoms with Crippen LogP contribution in [0.3, 0.4) is 0 Å². The maximum absolute atomic E-state index is 12.3. The maximum atomic E-state index is 12.3. The van der Waals surface area contributed by atoms with Gasteiger partial charge in [-0.15, -0.1) is 0 Å². The van der Waals surface area contributed by atoms with Gasteiger partial charge in [0.25, 0.3) is 0 Å². The quantitative estimate of drug-likeness (QED) is 0.0358. The van der Waals surface area contributed by atoms with Gasteiger partial charge in [-0.3, -0.25) is 14.4 Å². The molecule has 4 N–H and O–H groups in total. The van der Waals surface area contributed by atoms with Crippen molar-refractivity contribution in [3.63, 3.8) is 0 Å². The molecular formula is C38H74NNa2O11P. The number of phosphoric ester groups is 1. The van der Waals surface area contributed by atoms with Crippen LogP contribution in [-0.4, -0.2) is 60.1 Å². The van der Waals surface area contributed by atoms with E-state index in [0.717, 1.165) is 32.1 Å². The second-order valence-electron chi connectivity index (χ2n) is 13.7. The van der Waals surface area contributed by atoms with Gasteiger partial charge in [-0.05, 0) is 12.8 Å². The first-order valence-electron chi connectivity index (χ1n) is 20.1. The van der Waals surface area contributed by atoms with Crippen LogP contribution in [0.5, 0.6) is 0 Å². The first kappa shape index (κ1) is 60.1. The second-order valence-corrected chi connectivity index (χ2v) is 14.8. The molecule has 0 bridgehead atoms. The van der Waals surface area contributed by atoms with Crippen molar-refractivity contribution in [2.45, 2.75) is 206 Å². The molecule has 0 aliphatic rings. The van der Waals surface area contributed by atoms with Crippen molar-refractivity contribution >= 4 is 25.7 Å². The number of carbonyl (C=O) groups excluding carboxylic acids is 2. The predicted octanol–water partition coefficient (Wildman–Crippen LogP) is 1.65. The Balaban J connectivity index is -0.00000120. The number of esters is 2. The van der Waals surface area contributed by atoms with E-state index in [1.165, 1.54) is 122 Å². The van der Waals surface area contributed by atoms with Crippen molar-refractivity contribution < 1.29 is 112 Å².